The van der Waals surface area contributed by atoms with Gasteiger partial charge in [0.05, 0.1) is 0 Å². The zero-order chi connectivity index (χ0) is 6.95. The molecule has 0 N–H and O–H groups in total. The molecule has 0 aliphatic rings. The molecule has 0 heterocycles. The van der Waals surface area contributed by atoms with Crippen molar-refractivity contribution in [1.82, 2.24) is 0 Å². The van der Waals surface area contributed by atoms with Crippen LogP contribution in [0, 0.1) is 0 Å². The monoisotopic (exact) mass is 214 g/mol. The number of unbranched alkanes of at least 4 members (excludes halogenated alkanes) is 5. The first-order chi connectivity index (χ1) is 4.41. The second-order valence-corrected chi connectivity index (χ2v) is 2.47. The number of hydrogen-bond donors (Lipinski definition) is 0. The fourth-order valence-corrected chi connectivity index (χ4v) is 0.882. The summed E-state index contributed by atoms with van der Waals surface area (Å²) in [6.45, 7) is 2.32. The van der Waals surface area contributed by atoms with Crippen LogP contribution in [0.25, 0.3) is 0 Å². The SMILES string of the molecule is CCCCCCCC[O-].[Rb+]. The van der Waals surface area contributed by atoms with Crippen molar-refractivity contribution >= 4 is 0 Å². The quantitative estimate of drug-likeness (QED) is 0.505. The van der Waals surface area contributed by atoms with Gasteiger partial charge in [0, 0.05) is 0 Å². The Labute approximate surface area is 113 Å². The van der Waals surface area contributed by atoms with Gasteiger partial charge in [-0.15, -0.1) is 6.61 Å². The summed E-state index contributed by atoms with van der Waals surface area (Å²) in [7, 11) is 0. The van der Waals surface area contributed by atoms with Gasteiger partial charge in [-0.2, -0.15) is 0 Å². The summed E-state index contributed by atoms with van der Waals surface area (Å²) in [5, 5.41) is 9.96. The van der Waals surface area contributed by atoms with Gasteiger partial charge >= 0.3 is 58.2 Å². The Morgan fingerprint density at radius 1 is 0.900 bits per heavy atom. The molecule has 0 atom stereocenters. The molecule has 10 heavy (non-hydrogen) atoms. The molecule has 0 aromatic rings. The molecule has 1 nitrogen and oxygen atoms in total. The van der Waals surface area contributed by atoms with Crippen molar-refractivity contribution in [2.75, 3.05) is 6.61 Å². The van der Waals surface area contributed by atoms with Crippen LogP contribution in [-0.2, 0) is 0 Å². The molecule has 0 spiro atoms. The van der Waals surface area contributed by atoms with Crippen LogP contribution >= 0.6 is 0 Å². The van der Waals surface area contributed by atoms with Crippen molar-refractivity contribution in [3.63, 3.8) is 0 Å². The van der Waals surface area contributed by atoms with E-state index in [9.17, 15) is 5.11 Å². The molecule has 0 saturated carbocycles. The standard InChI is InChI=1S/C8H17O.Rb/c1-2-3-4-5-6-7-8-9;/h2-8H2,1H3;/q-1;+1. The van der Waals surface area contributed by atoms with Crippen LogP contribution in [-0.4, -0.2) is 6.61 Å². The Morgan fingerprint density at radius 2 is 1.40 bits per heavy atom. The second kappa shape index (κ2) is 13.4. The maximum absolute atomic E-state index is 9.96. The van der Waals surface area contributed by atoms with E-state index in [2.05, 4.69) is 6.92 Å². The van der Waals surface area contributed by atoms with Crippen LogP contribution in [0.4, 0.5) is 0 Å². The van der Waals surface area contributed by atoms with Crippen molar-refractivity contribution < 1.29 is 63.3 Å². The fraction of sp³-hybridized carbons (Fsp3) is 1.00. The Balaban J connectivity index is 0. The van der Waals surface area contributed by atoms with E-state index in [0.717, 1.165) is 12.8 Å². The molecule has 56 valence electrons. The molecule has 0 aromatic heterocycles. The minimum Gasteiger partial charge on any atom is -0.854 e. The summed E-state index contributed by atoms with van der Waals surface area (Å²) >= 11 is 0. The van der Waals surface area contributed by atoms with Gasteiger partial charge in [0.25, 0.3) is 0 Å². The molecule has 0 aliphatic carbocycles. The fourth-order valence-electron chi connectivity index (χ4n) is 0.882. The minimum atomic E-state index is 0. The summed E-state index contributed by atoms with van der Waals surface area (Å²) in [6, 6.07) is 0. The predicted molar refractivity (Wildman–Crippen MR) is 38.2 cm³/mol. The van der Waals surface area contributed by atoms with E-state index in [1.54, 1.807) is 0 Å². The van der Waals surface area contributed by atoms with Crippen LogP contribution in [0.3, 0.4) is 0 Å². The third kappa shape index (κ3) is 12.4. The first kappa shape index (κ1) is 14.3. The summed E-state index contributed by atoms with van der Waals surface area (Å²) < 4.78 is 0. The van der Waals surface area contributed by atoms with Crippen LogP contribution < -0.4 is 63.3 Å². The first-order valence-electron chi connectivity index (χ1n) is 4.00. The second-order valence-electron chi connectivity index (χ2n) is 2.47. The van der Waals surface area contributed by atoms with Gasteiger partial charge in [-0.1, -0.05) is 45.4 Å². The Bertz CT molecular complexity index is 42.5. The average Bonchev–Trinajstić information content (AvgIpc) is 1.89. The van der Waals surface area contributed by atoms with Crippen LogP contribution in [0.1, 0.15) is 45.4 Å². The van der Waals surface area contributed by atoms with Gasteiger partial charge in [-0.25, -0.2) is 0 Å². The summed E-state index contributed by atoms with van der Waals surface area (Å²) in [4.78, 5) is 0. The summed E-state index contributed by atoms with van der Waals surface area (Å²) in [6.07, 6.45) is 7.22. The third-order valence-electron chi connectivity index (χ3n) is 1.50. The maximum atomic E-state index is 9.96. The van der Waals surface area contributed by atoms with Gasteiger partial charge in [-0.3, -0.25) is 0 Å². The Kier molecular flexibility index (Phi) is 19.1. The van der Waals surface area contributed by atoms with Crippen molar-refractivity contribution in [3.05, 3.63) is 0 Å². The predicted octanol–water partition coefficient (Wildman–Crippen LogP) is -1.29. The van der Waals surface area contributed by atoms with E-state index in [1.165, 1.54) is 25.7 Å². The third-order valence-corrected chi connectivity index (χ3v) is 1.50. The van der Waals surface area contributed by atoms with Crippen molar-refractivity contribution in [1.29, 1.82) is 0 Å². The molecule has 0 rings (SSSR count). The topological polar surface area (TPSA) is 23.1 Å². The van der Waals surface area contributed by atoms with E-state index in [0.29, 0.717) is 0 Å². The van der Waals surface area contributed by atoms with Crippen LogP contribution in [0.15, 0.2) is 0 Å². The first-order valence-corrected chi connectivity index (χ1v) is 4.00. The van der Waals surface area contributed by atoms with Gasteiger partial charge in [0.2, 0.25) is 0 Å². The van der Waals surface area contributed by atoms with E-state index in [-0.39, 0.29) is 64.8 Å². The van der Waals surface area contributed by atoms with Gasteiger partial charge < -0.3 is 5.11 Å². The molecule has 0 unspecified atom stereocenters. The van der Waals surface area contributed by atoms with Gasteiger partial charge in [-0.05, 0) is 0 Å². The molecule has 0 amide bonds. The molecule has 0 bridgehead atoms. The Hall–Kier alpha value is 1.77. The molecule has 2 heteroatoms. The zero-order valence-corrected chi connectivity index (χ0v) is 12.3. The molecule has 0 saturated heterocycles. The molecule has 0 fully saturated rings. The van der Waals surface area contributed by atoms with E-state index in [1.807, 2.05) is 0 Å². The van der Waals surface area contributed by atoms with Gasteiger partial charge in [0.1, 0.15) is 0 Å². The molecule has 0 aromatic carbocycles. The Morgan fingerprint density at radius 3 is 1.90 bits per heavy atom. The van der Waals surface area contributed by atoms with E-state index < -0.39 is 0 Å². The van der Waals surface area contributed by atoms with E-state index >= 15 is 0 Å². The molecule has 0 radical (unpaired) electrons. The van der Waals surface area contributed by atoms with Crippen LogP contribution in [0.5, 0.6) is 0 Å². The summed E-state index contributed by atoms with van der Waals surface area (Å²) in [5.41, 5.74) is 0. The minimum absolute atomic E-state index is 0. The van der Waals surface area contributed by atoms with E-state index in [4.69, 9.17) is 0 Å². The largest absolute Gasteiger partial charge is 1.00 e. The smallest absolute Gasteiger partial charge is 0.854 e. The normalized spacial score (nSPS) is 9.00. The maximum Gasteiger partial charge on any atom is 1.00 e. The van der Waals surface area contributed by atoms with Crippen molar-refractivity contribution in [3.8, 4) is 0 Å². The molecular formula is C8H17ORb. The average molecular weight is 215 g/mol. The number of hydrogen-bond acceptors (Lipinski definition) is 1. The van der Waals surface area contributed by atoms with Crippen molar-refractivity contribution in [2.24, 2.45) is 0 Å². The molecular weight excluding hydrogens is 198 g/mol. The number of rotatable bonds is 6. The van der Waals surface area contributed by atoms with Crippen LogP contribution in [0.2, 0.25) is 0 Å². The zero-order valence-electron chi connectivity index (χ0n) is 7.36. The van der Waals surface area contributed by atoms with Gasteiger partial charge in [0.15, 0.2) is 0 Å². The van der Waals surface area contributed by atoms with Crippen molar-refractivity contribution in [2.45, 2.75) is 45.4 Å². The summed E-state index contributed by atoms with van der Waals surface area (Å²) in [5.74, 6) is 0. The molecule has 0 aliphatic heterocycles.